The Bertz CT molecular complexity index is 1490. The molecule has 0 unspecified atom stereocenters. The van der Waals surface area contributed by atoms with Gasteiger partial charge in [-0.2, -0.15) is 0 Å². The van der Waals surface area contributed by atoms with Crippen molar-refractivity contribution in [2.45, 2.75) is 6.54 Å². The van der Waals surface area contributed by atoms with Crippen molar-refractivity contribution in [3.63, 3.8) is 0 Å². The number of ether oxygens (including phenoxy) is 1. The first-order valence-corrected chi connectivity index (χ1v) is 10.3. The Balaban J connectivity index is 1.64. The topological polar surface area (TPSA) is 95.1 Å². The number of benzene rings is 3. The summed E-state index contributed by atoms with van der Waals surface area (Å²) in [6.07, 6.45) is 0. The average Bonchev–Trinajstić information content (AvgIpc) is 3.08. The van der Waals surface area contributed by atoms with Crippen LogP contribution in [0.2, 0.25) is 0 Å². The predicted octanol–water partition coefficient (Wildman–Crippen LogP) is 4.62. The van der Waals surface area contributed by atoms with Crippen LogP contribution >= 0.6 is 0 Å². The Kier molecular flexibility index (Phi) is 5.10. The molecule has 3 N–H and O–H groups in total. The predicted molar refractivity (Wildman–Crippen MR) is 126 cm³/mol. The van der Waals surface area contributed by atoms with Gasteiger partial charge in [-0.15, -0.1) is 0 Å². The highest BCUT2D eigenvalue weighted by atomic mass is 19.1. The summed E-state index contributed by atoms with van der Waals surface area (Å²) in [6.45, 7) is 0.382. The molecule has 2 heterocycles. The number of halogens is 1. The maximum absolute atomic E-state index is 13.6. The number of fused-ring (bicyclic) bond motifs is 2. The molecule has 0 atom stereocenters. The second-order valence-corrected chi connectivity index (χ2v) is 7.54. The van der Waals surface area contributed by atoms with Gasteiger partial charge in [0.15, 0.2) is 5.65 Å². The van der Waals surface area contributed by atoms with E-state index in [1.807, 2.05) is 48.5 Å². The second-order valence-electron chi connectivity index (χ2n) is 7.54. The number of nitrogen functional groups attached to an aromatic ring is 1. The van der Waals surface area contributed by atoms with Gasteiger partial charge in [0.2, 0.25) is 0 Å². The van der Waals surface area contributed by atoms with Gasteiger partial charge < -0.3 is 20.4 Å². The zero-order valence-electron chi connectivity index (χ0n) is 17.7. The van der Waals surface area contributed by atoms with Crippen LogP contribution in [0.25, 0.3) is 22.2 Å². The molecule has 5 aromatic rings. The molecule has 164 valence electrons. The number of aromatic nitrogens is 3. The summed E-state index contributed by atoms with van der Waals surface area (Å²) in [4.78, 5) is 22.7. The maximum atomic E-state index is 13.6. The summed E-state index contributed by atoms with van der Waals surface area (Å²) in [6, 6.07) is 20.6. The van der Waals surface area contributed by atoms with Crippen LogP contribution in [0, 0.1) is 5.82 Å². The zero-order valence-corrected chi connectivity index (χ0v) is 17.7. The van der Waals surface area contributed by atoms with E-state index in [0.29, 0.717) is 34.4 Å². The van der Waals surface area contributed by atoms with Gasteiger partial charge in [-0.3, -0.25) is 4.79 Å². The smallest absolute Gasteiger partial charge is 0.261 e. The maximum Gasteiger partial charge on any atom is 0.261 e. The number of carbonyl (C=O) groups is 1. The molecule has 0 aliphatic rings. The number of nitrogens with zero attached hydrogens (tertiary/aromatic N) is 3. The molecule has 0 aliphatic heterocycles. The van der Waals surface area contributed by atoms with Crippen LogP contribution in [0.4, 0.5) is 15.9 Å². The van der Waals surface area contributed by atoms with Gasteiger partial charge in [0.05, 0.1) is 24.7 Å². The number of para-hydroxylation sites is 2. The minimum atomic E-state index is -0.485. The molecule has 2 aromatic heterocycles. The molecule has 33 heavy (non-hydrogen) atoms. The average molecular weight is 441 g/mol. The lowest BCUT2D eigenvalue weighted by Crippen LogP contribution is -2.15. The van der Waals surface area contributed by atoms with Crippen LogP contribution in [-0.4, -0.2) is 27.6 Å². The standard InChI is InChI=1S/C25H20FN5O2/c1-33-18-11-9-15(10-12-18)14-31-23(27)21(25(32)28-17-6-4-5-16(26)13-17)22-24(31)30-20-8-3-2-7-19(20)29-22/h2-13H,14,27H2,1H3,(H,28,32). The third-order valence-corrected chi connectivity index (χ3v) is 5.40. The number of nitrogens with two attached hydrogens (primary N) is 1. The third kappa shape index (κ3) is 3.82. The molecule has 0 spiro atoms. The minimum absolute atomic E-state index is 0.195. The second kappa shape index (κ2) is 8.23. The Hall–Kier alpha value is -4.46. The van der Waals surface area contributed by atoms with E-state index in [9.17, 15) is 9.18 Å². The minimum Gasteiger partial charge on any atom is -0.497 e. The van der Waals surface area contributed by atoms with Crippen molar-refractivity contribution in [1.29, 1.82) is 0 Å². The summed E-state index contributed by atoms with van der Waals surface area (Å²) < 4.78 is 20.6. The fourth-order valence-electron chi connectivity index (χ4n) is 3.77. The summed E-state index contributed by atoms with van der Waals surface area (Å²) in [5.74, 6) is 0.0321. The van der Waals surface area contributed by atoms with Crippen molar-refractivity contribution < 1.29 is 13.9 Å². The fourth-order valence-corrected chi connectivity index (χ4v) is 3.77. The van der Waals surface area contributed by atoms with E-state index in [1.165, 1.54) is 18.2 Å². The van der Waals surface area contributed by atoms with Gasteiger partial charge in [-0.25, -0.2) is 14.4 Å². The van der Waals surface area contributed by atoms with Crippen LogP contribution in [0.5, 0.6) is 5.75 Å². The molecule has 0 fully saturated rings. The highest BCUT2D eigenvalue weighted by Crippen LogP contribution is 2.30. The number of amides is 1. The summed E-state index contributed by atoms with van der Waals surface area (Å²) in [5, 5.41) is 2.72. The van der Waals surface area contributed by atoms with E-state index >= 15 is 0 Å². The molecule has 0 aliphatic carbocycles. The molecule has 8 heteroatoms. The number of anilines is 2. The summed E-state index contributed by atoms with van der Waals surface area (Å²) >= 11 is 0. The normalized spacial score (nSPS) is 11.1. The Labute approximate surface area is 188 Å². The van der Waals surface area contributed by atoms with E-state index in [4.69, 9.17) is 20.4 Å². The van der Waals surface area contributed by atoms with Crippen molar-refractivity contribution in [2.75, 3.05) is 18.2 Å². The largest absolute Gasteiger partial charge is 0.497 e. The molecule has 1 amide bonds. The fraction of sp³-hybridized carbons (Fsp3) is 0.0800. The highest BCUT2D eigenvalue weighted by molar-refractivity contribution is 6.16. The van der Waals surface area contributed by atoms with E-state index < -0.39 is 11.7 Å². The van der Waals surface area contributed by atoms with Gasteiger partial charge >= 0.3 is 0 Å². The lowest BCUT2D eigenvalue weighted by atomic mass is 10.2. The lowest BCUT2D eigenvalue weighted by Gasteiger charge is -2.09. The van der Waals surface area contributed by atoms with Gasteiger partial charge in [0.25, 0.3) is 5.91 Å². The van der Waals surface area contributed by atoms with Crippen molar-refractivity contribution in [3.05, 3.63) is 89.7 Å². The molecule has 0 saturated carbocycles. The molecule has 0 radical (unpaired) electrons. The molecule has 0 saturated heterocycles. The number of nitrogens with one attached hydrogen (secondary N) is 1. The Morgan fingerprint density at radius 1 is 1.03 bits per heavy atom. The van der Waals surface area contributed by atoms with Gasteiger partial charge in [-0.05, 0) is 48.0 Å². The molecular formula is C25H20FN5O2. The van der Waals surface area contributed by atoms with Crippen molar-refractivity contribution in [2.24, 2.45) is 0 Å². The van der Waals surface area contributed by atoms with Crippen molar-refractivity contribution in [1.82, 2.24) is 14.5 Å². The van der Waals surface area contributed by atoms with E-state index in [2.05, 4.69) is 5.32 Å². The first-order chi connectivity index (χ1) is 16.0. The van der Waals surface area contributed by atoms with Crippen molar-refractivity contribution in [3.8, 4) is 5.75 Å². The van der Waals surface area contributed by atoms with Crippen LogP contribution in [0.1, 0.15) is 15.9 Å². The molecule has 5 rings (SSSR count). The first-order valence-electron chi connectivity index (χ1n) is 10.3. The number of hydrogen-bond acceptors (Lipinski definition) is 5. The SMILES string of the molecule is COc1ccc(Cn2c(N)c(C(=O)Nc3cccc(F)c3)c3nc4ccccc4nc32)cc1. The van der Waals surface area contributed by atoms with Crippen LogP contribution in [-0.2, 0) is 6.54 Å². The van der Waals surface area contributed by atoms with Gasteiger partial charge in [0.1, 0.15) is 28.5 Å². The molecular weight excluding hydrogens is 421 g/mol. The number of carbonyl (C=O) groups excluding carboxylic acids is 1. The van der Waals surface area contributed by atoms with E-state index in [-0.39, 0.29) is 11.4 Å². The number of hydrogen-bond donors (Lipinski definition) is 2. The van der Waals surface area contributed by atoms with E-state index in [1.54, 1.807) is 17.7 Å². The third-order valence-electron chi connectivity index (χ3n) is 5.40. The molecule has 3 aromatic carbocycles. The zero-order chi connectivity index (χ0) is 22.9. The summed E-state index contributed by atoms with van der Waals surface area (Å²) in [7, 11) is 1.61. The molecule has 0 bridgehead atoms. The van der Waals surface area contributed by atoms with E-state index in [0.717, 1.165) is 11.3 Å². The van der Waals surface area contributed by atoms with Crippen LogP contribution < -0.4 is 15.8 Å². The Morgan fingerprint density at radius 2 is 1.76 bits per heavy atom. The number of rotatable bonds is 5. The lowest BCUT2D eigenvalue weighted by molar-refractivity contribution is 0.102. The Morgan fingerprint density at radius 3 is 2.45 bits per heavy atom. The first kappa shape index (κ1) is 20.4. The number of methoxy groups -OCH3 is 1. The van der Waals surface area contributed by atoms with Crippen molar-refractivity contribution >= 4 is 39.6 Å². The van der Waals surface area contributed by atoms with Gasteiger partial charge in [0, 0.05) is 5.69 Å². The molecule has 7 nitrogen and oxygen atoms in total. The highest BCUT2D eigenvalue weighted by Gasteiger charge is 2.24. The summed E-state index contributed by atoms with van der Waals surface area (Å²) in [5.41, 5.74) is 10.2. The monoisotopic (exact) mass is 441 g/mol. The van der Waals surface area contributed by atoms with Crippen LogP contribution in [0.3, 0.4) is 0 Å². The van der Waals surface area contributed by atoms with Gasteiger partial charge in [-0.1, -0.05) is 30.3 Å². The van der Waals surface area contributed by atoms with Crippen LogP contribution in [0.15, 0.2) is 72.8 Å². The quantitative estimate of drug-likeness (QED) is 0.415.